The van der Waals surface area contributed by atoms with Crippen LogP contribution >= 0.6 is 0 Å². The van der Waals surface area contributed by atoms with E-state index in [4.69, 9.17) is 19.6 Å². The number of aliphatic imine (C=N–C) groups is 1. The lowest BCUT2D eigenvalue weighted by molar-refractivity contribution is -0.126. The predicted molar refractivity (Wildman–Crippen MR) is 127 cm³/mol. The lowest BCUT2D eigenvalue weighted by Gasteiger charge is -2.29. The molecular formula is C28H27NO4. The smallest absolute Gasteiger partial charge is 0.217 e. The van der Waals surface area contributed by atoms with Crippen LogP contribution in [0.25, 0.3) is 0 Å². The lowest BCUT2D eigenvalue weighted by Crippen LogP contribution is -2.42. The molecular weight excluding hydrogens is 414 g/mol. The number of ether oxygens (including phenoxy) is 2. The maximum absolute atomic E-state index is 13.6. The van der Waals surface area contributed by atoms with E-state index in [9.17, 15) is 4.79 Å². The molecule has 0 saturated carbocycles. The van der Waals surface area contributed by atoms with E-state index in [1.807, 2.05) is 66.7 Å². The van der Waals surface area contributed by atoms with E-state index in [0.29, 0.717) is 38.2 Å². The Kier molecular flexibility index (Phi) is 5.97. The predicted octanol–water partition coefficient (Wildman–Crippen LogP) is 4.46. The summed E-state index contributed by atoms with van der Waals surface area (Å²) in [6.07, 6.45) is 1.77. The van der Waals surface area contributed by atoms with Gasteiger partial charge in [0.15, 0.2) is 17.4 Å². The summed E-state index contributed by atoms with van der Waals surface area (Å²) in [4.78, 5) is 18.7. The molecule has 1 aliphatic carbocycles. The molecule has 0 unspecified atom stereocenters. The Bertz CT molecular complexity index is 1160. The first kappa shape index (κ1) is 21.4. The fourth-order valence-electron chi connectivity index (χ4n) is 4.71. The summed E-state index contributed by atoms with van der Waals surface area (Å²) in [6, 6.07) is 25.8. The first-order valence-electron chi connectivity index (χ1n) is 11.5. The van der Waals surface area contributed by atoms with Crippen LogP contribution in [0.15, 0.2) is 83.9 Å². The van der Waals surface area contributed by atoms with Crippen molar-refractivity contribution in [3.63, 3.8) is 0 Å². The number of carbonyl (C=O) groups is 1. The van der Waals surface area contributed by atoms with Crippen molar-refractivity contribution in [1.29, 1.82) is 0 Å². The summed E-state index contributed by atoms with van der Waals surface area (Å²) in [5.74, 6) is 1.33. The van der Waals surface area contributed by atoms with Crippen molar-refractivity contribution in [2.75, 3.05) is 13.2 Å². The molecule has 0 saturated heterocycles. The third-order valence-corrected chi connectivity index (χ3v) is 6.40. The van der Waals surface area contributed by atoms with Gasteiger partial charge in [-0.3, -0.25) is 4.79 Å². The molecule has 0 fully saturated rings. The highest BCUT2D eigenvalue weighted by Crippen LogP contribution is 2.46. The van der Waals surface area contributed by atoms with Crippen LogP contribution in [-0.4, -0.2) is 35.5 Å². The van der Waals surface area contributed by atoms with Gasteiger partial charge in [-0.05, 0) is 47.4 Å². The number of rotatable bonds is 7. The molecule has 3 aromatic carbocycles. The van der Waals surface area contributed by atoms with Gasteiger partial charge in [0.1, 0.15) is 5.75 Å². The molecule has 0 aromatic heterocycles. The van der Waals surface area contributed by atoms with Gasteiger partial charge in [-0.25, -0.2) is 4.99 Å². The number of aliphatic hydroxyl groups excluding tert-OH is 1. The third kappa shape index (κ3) is 4.16. The number of nitrogens with zero attached hydrogens (tertiary/aromatic N) is 1. The summed E-state index contributed by atoms with van der Waals surface area (Å²) < 4.78 is 12.1. The molecule has 0 amide bonds. The molecule has 0 spiro atoms. The van der Waals surface area contributed by atoms with Gasteiger partial charge in [0.2, 0.25) is 5.90 Å². The van der Waals surface area contributed by atoms with E-state index in [0.717, 1.165) is 28.0 Å². The Morgan fingerprint density at radius 3 is 2.52 bits per heavy atom. The number of hydrogen-bond donors (Lipinski definition) is 1. The van der Waals surface area contributed by atoms with Crippen molar-refractivity contribution in [2.24, 2.45) is 4.99 Å². The summed E-state index contributed by atoms with van der Waals surface area (Å²) in [5.41, 5.74) is 3.09. The molecule has 0 bridgehead atoms. The summed E-state index contributed by atoms with van der Waals surface area (Å²) >= 11 is 0. The van der Waals surface area contributed by atoms with Crippen molar-refractivity contribution in [2.45, 2.75) is 37.3 Å². The lowest BCUT2D eigenvalue weighted by atomic mass is 9.80. The maximum Gasteiger partial charge on any atom is 0.217 e. The second-order valence-electron chi connectivity index (χ2n) is 8.57. The SMILES string of the molecule is O=C1CCc2ccccc2[C@@H]2OC(c3ccc(OCCCO)cc3)=N[C@]12Cc1ccccc1. The van der Waals surface area contributed by atoms with E-state index >= 15 is 0 Å². The first-order chi connectivity index (χ1) is 16.2. The van der Waals surface area contributed by atoms with Crippen molar-refractivity contribution >= 4 is 11.7 Å². The van der Waals surface area contributed by atoms with E-state index < -0.39 is 11.6 Å². The second kappa shape index (κ2) is 9.20. The third-order valence-electron chi connectivity index (χ3n) is 6.40. The van der Waals surface area contributed by atoms with Crippen LogP contribution in [0.4, 0.5) is 0 Å². The van der Waals surface area contributed by atoms with Gasteiger partial charge in [-0.2, -0.15) is 0 Å². The Labute approximate surface area is 193 Å². The van der Waals surface area contributed by atoms with E-state index in [2.05, 4.69) is 12.1 Å². The highest BCUT2D eigenvalue weighted by Gasteiger charge is 2.54. The Morgan fingerprint density at radius 2 is 1.73 bits per heavy atom. The van der Waals surface area contributed by atoms with E-state index in [1.54, 1.807) is 0 Å². The molecule has 5 heteroatoms. The molecule has 5 rings (SSSR count). The van der Waals surface area contributed by atoms with E-state index in [1.165, 1.54) is 0 Å². The van der Waals surface area contributed by atoms with Gasteiger partial charge >= 0.3 is 0 Å². The summed E-state index contributed by atoms with van der Waals surface area (Å²) in [6.45, 7) is 0.559. The van der Waals surface area contributed by atoms with Crippen LogP contribution in [0.1, 0.15) is 41.2 Å². The highest BCUT2D eigenvalue weighted by atomic mass is 16.5. The quantitative estimate of drug-likeness (QED) is 0.550. The van der Waals surface area contributed by atoms with Crippen LogP contribution in [0, 0.1) is 0 Å². The highest BCUT2D eigenvalue weighted by molar-refractivity contribution is 6.02. The van der Waals surface area contributed by atoms with Gasteiger partial charge in [-0.1, -0.05) is 54.6 Å². The fraction of sp³-hybridized carbons (Fsp3) is 0.286. The normalized spacial score (nSPS) is 21.4. The topological polar surface area (TPSA) is 68.1 Å². The molecule has 2 aliphatic rings. The first-order valence-corrected chi connectivity index (χ1v) is 11.5. The summed E-state index contributed by atoms with van der Waals surface area (Å²) in [7, 11) is 0. The standard InChI is InChI=1S/C28H27NO4/c30-17-6-18-32-23-14-11-22(12-15-23)27-29-28(19-20-7-2-1-3-8-20)25(31)16-13-21-9-4-5-10-24(21)26(28)33-27/h1-5,7-12,14-15,26,30H,6,13,16-19H2/t26-,28+/m0/s1. The zero-order chi connectivity index (χ0) is 22.7. The van der Waals surface area contributed by atoms with Gasteiger partial charge < -0.3 is 14.6 Å². The molecule has 1 heterocycles. The van der Waals surface area contributed by atoms with E-state index in [-0.39, 0.29) is 12.4 Å². The van der Waals surface area contributed by atoms with Crippen LogP contribution in [0.2, 0.25) is 0 Å². The molecule has 1 aliphatic heterocycles. The minimum Gasteiger partial charge on any atom is -0.494 e. The molecule has 33 heavy (non-hydrogen) atoms. The van der Waals surface area contributed by atoms with Gasteiger partial charge in [0, 0.05) is 31.4 Å². The number of aliphatic hydroxyl groups is 1. The Hall–Kier alpha value is -3.44. The van der Waals surface area contributed by atoms with Gasteiger partial charge in [-0.15, -0.1) is 0 Å². The van der Waals surface area contributed by atoms with Crippen molar-refractivity contribution in [3.05, 3.63) is 101 Å². The Morgan fingerprint density at radius 1 is 0.970 bits per heavy atom. The fourth-order valence-corrected chi connectivity index (χ4v) is 4.71. The molecule has 0 radical (unpaired) electrons. The number of ketones is 1. The minimum atomic E-state index is -0.987. The van der Waals surface area contributed by atoms with Crippen LogP contribution < -0.4 is 4.74 Å². The maximum atomic E-state index is 13.6. The molecule has 2 atom stereocenters. The number of Topliss-reactive ketones (excluding diaryl/α,β-unsaturated/α-hetero) is 1. The zero-order valence-corrected chi connectivity index (χ0v) is 18.4. The van der Waals surface area contributed by atoms with Crippen molar-refractivity contribution in [3.8, 4) is 5.75 Å². The minimum absolute atomic E-state index is 0.100. The Balaban J connectivity index is 1.53. The number of carbonyl (C=O) groups excluding carboxylic acids is 1. The van der Waals surface area contributed by atoms with Crippen molar-refractivity contribution in [1.82, 2.24) is 0 Å². The largest absolute Gasteiger partial charge is 0.494 e. The number of hydrogen-bond acceptors (Lipinski definition) is 5. The zero-order valence-electron chi connectivity index (χ0n) is 18.4. The molecule has 5 nitrogen and oxygen atoms in total. The number of aryl methyl sites for hydroxylation is 1. The molecule has 168 valence electrons. The molecule has 1 N–H and O–H groups in total. The number of fused-ring (bicyclic) bond motifs is 3. The molecule has 3 aromatic rings. The van der Waals surface area contributed by atoms with Crippen molar-refractivity contribution < 1.29 is 19.4 Å². The van der Waals surface area contributed by atoms with Gasteiger partial charge in [0.25, 0.3) is 0 Å². The van der Waals surface area contributed by atoms with Crippen LogP contribution in [-0.2, 0) is 22.4 Å². The average Bonchev–Trinajstić information content (AvgIpc) is 3.19. The van der Waals surface area contributed by atoms with Gasteiger partial charge in [0.05, 0.1) is 6.61 Å². The van der Waals surface area contributed by atoms with Crippen LogP contribution in [0.3, 0.4) is 0 Å². The number of benzene rings is 3. The average molecular weight is 442 g/mol. The van der Waals surface area contributed by atoms with Crippen LogP contribution in [0.5, 0.6) is 5.75 Å². The second-order valence-corrected chi connectivity index (χ2v) is 8.57. The summed E-state index contributed by atoms with van der Waals surface area (Å²) in [5, 5.41) is 8.93. The monoisotopic (exact) mass is 441 g/mol.